The maximum absolute atomic E-state index is 11.8. The molecular formula is C14H12NO5. The van der Waals surface area contributed by atoms with E-state index in [-0.39, 0.29) is 18.4 Å². The van der Waals surface area contributed by atoms with Crippen molar-refractivity contribution in [2.75, 3.05) is 0 Å². The highest BCUT2D eigenvalue weighted by molar-refractivity contribution is 5.96. The van der Waals surface area contributed by atoms with Gasteiger partial charge in [-0.25, -0.2) is 4.79 Å². The SMILES string of the molecule is [C]#Cc1ccc(C(=O)NC(CCC(=O)O)C(=O)O)cc1. The first-order valence-corrected chi connectivity index (χ1v) is 5.72. The molecule has 1 amide bonds. The third kappa shape index (κ3) is 4.46. The number of rotatable bonds is 6. The van der Waals surface area contributed by atoms with Crippen LogP contribution < -0.4 is 5.32 Å². The molecular weight excluding hydrogens is 262 g/mol. The maximum Gasteiger partial charge on any atom is 0.326 e. The molecule has 0 saturated heterocycles. The standard InChI is InChI=1S/C14H12NO5/c1-2-9-3-5-10(6-4-9)13(18)15-11(14(19)20)7-8-12(16)17/h3-6,11H,7-8H2,(H,15,18)(H,16,17)(H,19,20). The number of amides is 1. The Morgan fingerprint density at radius 3 is 2.25 bits per heavy atom. The number of carbonyl (C=O) groups excluding carboxylic acids is 1. The van der Waals surface area contributed by atoms with Gasteiger partial charge in [0.15, 0.2) is 0 Å². The topological polar surface area (TPSA) is 104 Å². The van der Waals surface area contributed by atoms with Gasteiger partial charge in [-0.2, -0.15) is 0 Å². The minimum absolute atomic E-state index is 0.192. The van der Waals surface area contributed by atoms with Crippen LogP contribution in [-0.4, -0.2) is 34.1 Å². The predicted molar refractivity (Wildman–Crippen MR) is 68.4 cm³/mol. The largest absolute Gasteiger partial charge is 0.481 e. The summed E-state index contributed by atoms with van der Waals surface area (Å²) in [4.78, 5) is 33.2. The van der Waals surface area contributed by atoms with Crippen molar-refractivity contribution >= 4 is 17.8 Å². The molecule has 1 radical (unpaired) electrons. The molecule has 0 aliphatic rings. The third-order valence-electron chi connectivity index (χ3n) is 2.54. The quantitative estimate of drug-likeness (QED) is 0.661. The van der Waals surface area contributed by atoms with Crippen LogP contribution >= 0.6 is 0 Å². The summed E-state index contributed by atoms with van der Waals surface area (Å²) < 4.78 is 0. The number of hydrogen-bond donors (Lipinski definition) is 3. The summed E-state index contributed by atoms with van der Waals surface area (Å²) in [5.41, 5.74) is 0.716. The number of benzene rings is 1. The molecule has 0 aromatic heterocycles. The van der Waals surface area contributed by atoms with E-state index in [0.29, 0.717) is 5.56 Å². The zero-order valence-corrected chi connectivity index (χ0v) is 10.4. The van der Waals surface area contributed by atoms with Crippen LogP contribution in [0.15, 0.2) is 24.3 Å². The molecule has 0 aliphatic carbocycles. The van der Waals surface area contributed by atoms with Crippen LogP contribution in [0.2, 0.25) is 0 Å². The van der Waals surface area contributed by atoms with Crippen molar-refractivity contribution in [1.82, 2.24) is 5.32 Å². The van der Waals surface area contributed by atoms with Gasteiger partial charge in [0.1, 0.15) is 6.04 Å². The lowest BCUT2D eigenvalue weighted by atomic mass is 10.1. The highest BCUT2D eigenvalue weighted by Gasteiger charge is 2.21. The molecule has 0 saturated carbocycles. The Labute approximate surface area is 115 Å². The van der Waals surface area contributed by atoms with E-state index in [9.17, 15) is 14.4 Å². The van der Waals surface area contributed by atoms with Crippen LogP contribution in [0.3, 0.4) is 0 Å². The van der Waals surface area contributed by atoms with E-state index in [1.54, 1.807) is 0 Å². The molecule has 1 rings (SSSR count). The number of carboxylic acid groups (broad SMARTS) is 2. The number of nitrogens with one attached hydrogen (secondary N) is 1. The first-order valence-electron chi connectivity index (χ1n) is 5.72. The van der Waals surface area contributed by atoms with E-state index in [4.69, 9.17) is 16.6 Å². The van der Waals surface area contributed by atoms with Crippen molar-refractivity contribution < 1.29 is 24.6 Å². The summed E-state index contributed by atoms with van der Waals surface area (Å²) in [6.45, 7) is 0. The molecule has 3 N–H and O–H groups in total. The van der Waals surface area contributed by atoms with E-state index in [1.807, 2.05) is 0 Å². The fourth-order valence-electron chi connectivity index (χ4n) is 1.47. The van der Waals surface area contributed by atoms with Gasteiger partial charge in [0.05, 0.1) is 0 Å². The van der Waals surface area contributed by atoms with Gasteiger partial charge in [0.25, 0.3) is 5.91 Å². The molecule has 1 aromatic rings. The van der Waals surface area contributed by atoms with Crippen LogP contribution in [0.1, 0.15) is 28.8 Å². The second-order valence-electron chi connectivity index (χ2n) is 4.00. The van der Waals surface area contributed by atoms with Crippen LogP contribution in [0.25, 0.3) is 0 Å². The summed E-state index contributed by atoms with van der Waals surface area (Å²) in [5, 5.41) is 19.7. The van der Waals surface area contributed by atoms with Crippen molar-refractivity contribution in [3.05, 3.63) is 41.8 Å². The lowest BCUT2D eigenvalue weighted by Crippen LogP contribution is -2.41. The van der Waals surface area contributed by atoms with Gasteiger partial charge in [-0.15, -0.1) is 0 Å². The number of carboxylic acids is 2. The van der Waals surface area contributed by atoms with Crippen LogP contribution in [0.4, 0.5) is 0 Å². The Bertz CT molecular complexity index is 556. The molecule has 0 bridgehead atoms. The Kier molecular flexibility index (Phi) is 5.30. The summed E-state index contributed by atoms with van der Waals surface area (Å²) in [6.07, 6.45) is 6.36. The molecule has 1 atom stereocenters. The van der Waals surface area contributed by atoms with Crippen molar-refractivity contribution in [3.8, 4) is 5.92 Å². The minimum Gasteiger partial charge on any atom is -0.481 e. The van der Waals surface area contributed by atoms with Crippen molar-refractivity contribution in [1.29, 1.82) is 0 Å². The second kappa shape index (κ2) is 6.95. The highest BCUT2D eigenvalue weighted by atomic mass is 16.4. The van der Waals surface area contributed by atoms with E-state index in [1.165, 1.54) is 24.3 Å². The third-order valence-corrected chi connectivity index (χ3v) is 2.54. The first-order chi connectivity index (χ1) is 9.43. The molecule has 0 aliphatic heterocycles. The molecule has 1 aromatic carbocycles. The average Bonchev–Trinajstić information content (AvgIpc) is 2.42. The lowest BCUT2D eigenvalue weighted by Gasteiger charge is -2.13. The summed E-state index contributed by atoms with van der Waals surface area (Å²) in [5.74, 6) is -0.884. The second-order valence-corrected chi connectivity index (χ2v) is 4.00. The fourth-order valence-corrected chi connectivity index (χ4v) is 1.47. The molecule has 0 spiro atoms. The highest BCUT2D eigenvalue weighted by Crippen LogP contribution is 2.05. The molecule has 103 valence electrons. The molecule has 0 heterocycles. The van der Waals surface area contributed by atoms with Crippen molar-refractivity contribution in [3.63, 3.8) is 0 Å². The van der Waals surface area contributed by atoms with Crippen LogP contribution in [0, 0.1) is 12.3 Å². The minimum atomic E-state index is -1.29. The van der Waals surface area contributed by atoms with Crippen LogP contribution in [0.5, 0.6) is 0 Å². The van der Waals surface area contributed by atoms with Gasteiger partial charge in [-0.3, -0.25) is 9.59 Å². The van der Waals surface area contributed by atoms with Crippen LogP contribution in [-0.2, 0) is 9.59 Å². The van der Waals surface area contributed by atoms with Gasteiger partial charge in [-0.1, -0.05) is 5.92 Å². The summed E-state index contributed by atoms with van der Waals surface area (Å²) >= 11 is 0. The van der Waals surface area contributed by atoms with Gasteiger partial charge in [-0.05, 0) is 37.1 Å². The van der Waals surface area contributed by atoms with Crippen molar-refractivity contribution in [2.24, 2.45) is 0 Å². The molecule has 6 nitrogen and oxygen atoms in total. The van der Waals surface area contributed by atoms with E-state index >= 15 is 0 Å². The van der Waals surface area contributed by atoms with E-state index in [2.05, 4.69) is 11.2 Å². The normalized spacial score (nSPS) is 11.2. The Hall–Kier alpha value is -2.81. The number of carbonyl (C=O) groups is 3. The molecule has 6 heteroatoms. The molecule has 20 heavy (non-hydrogen) atoms. The smallest absolute Gasteiger partial charge is 0.326 e. The zero-order valence-electron chi connectivity index (χ0n) is 10.4. The first kappa shape index (κ1) is 15.2. The summed E-state index contributed by atoms with van der Waals surface area (Å²) in [6, 6.07) is 4.60. The Morgan fingerprint density at radius 2 is 1.80 bits per heavy atom. The monoisotopic (exact) mass is 274 g/mol. The number of hydrogen-bond acceptors (Lipinski definition) is 3. The Balaban J connectivity index is 2.72. The maximum atomic E-state index is 11.8. The average molecular weight is 274 g/mol. The van der Waals surface area contributed by atoms with Gasteiger partial charge >= 0.3 is 11.9 Å². The number of aliphatic carboxylic acids is 2. The van der Waals surface area contributed by atoms with Crippen molar-refractivity contribution in [2.45, 2.75) is 18.9 Å². The fraction of sp³-hybridized carbons (Fsp3) is 0.214. The Morgan fingerprint density at radius 1 is 1.20 bits per heavy atom. The van der Waals surface area contributed by atoms with Gasteiger partial charge < -0.3 is 15.5 Å². The van der Waals surface area contributed by atoms with Gasteiger partial charge in [0, 0.05) is 17.5 Å². The lowest BCUT2D eigenvalue weighted by molar-refractivity contribution is -0.140. The molecule has 0 fully saturated rings. The zero-order chi connectivity index (χ0) is 15.1. The predicted octanol–water partition coefficient (Wildman–Crippen LogP) is 0.672. The van der Waals surface area contributed by atoms with E-state index in [0.717, 1.165) is 0 Å². The van der Waals surface area contributed by atoms with E-state index < -0.39 is 23.9 Å². The van der Waals surface area contributed by atoms with Gasteiger partial charge in [0.2, 0.25) is 0 Å². The molecule has 1 unspecified atom stereocenters. The summed E-state index contributed by atoms with van der Waals surface area (Å²) in [7, 11) is 0.